The Morgan fingerprint density at radius 2 is 1.65 bits per heavy atom. The highest BCUT2D eigenvalue weighted by molar-refractivity contribution is 6.33. The summed E-state index contributed by atoms with van der Waals surface area (Å²) < 4.78 is 40.7. The molecule has 0 saturated heterocycles. The number of para-hydroxylation sites is 1. The third-order valence-electron chi connectivity index (χ3n) is 3.32. The summed E-state index contributed by atoms with van der Waals surface area (Å²) >= 11 is 6.10. The van der Waals surface area contributed by atoms with Gasteiger partial charge in [0.05, 0.1) is 16.3 Å². The Morgan fingerprint density at radius 3 is 2.35 bits per heavy atom. The van der Waals surface area contributed by atoms with Gasteiger partial charge in [0.2, 0.25) is 0 Å². The molecule has 0 N–H and O–H groups in total. The van der Waals surface area contributed by atoms with Crippen molar-refractivity contribution in [3.8, 4) is 17.1 Å². The highest BCUT2D eigenvalue weighted by atomic mass is 35.5. The first-order valence-corrected chi connectivity index (χ1v) is 7.11. The van der Waals surface area contributed by atoms with Crippen LogP contribution in [-0.2, 0) is 6.18 Å². The quantitative estimate of drug-likeness (QED) is 0.665. The highest BCUT2D eigenvalue weighted by Gasteiger charge is 2.34. The SMILES string of the molecule is Cc1nc(-c2ccccc2Cl)nn1-c1ccccc1C(F)(F)F. The van der Waals surface area contributed by atoms with E-state index in [0.29, 0.717) is 16.4 Å². The van der Waals surface area contributed by atoms with E-state index >= 15 is 0 Å². The van der Waals surface area contributed by atoms with Crippen LogP contribution in [-0.4, -0.2) is 14.8 Å². The minimum Gasteiger partial charge on any atom is -0.217 e. The van der Waals surface area contributed by atoms with Gasteiger partial charge in [-0.1, -0.05) is 35.9 Å². The molecule has 3 nitrogen and oxygen atoms in total. The average molecular weight is 338 g/mol. The Balaban J connectivity index is 2.16. The van der Waals surface area contributed by atoms with E-state index in [4.69, 9.17) is 11.6 Å². The summed E-state index contributed by atoms with van der Waals surface area (Å²) in [4.78, 5) is 4.24. The van der Waals surface area contributed by atoms with Crippen LogP contribution in [0.3, 0.4) is 0 Å². The predicted molar refractivity (Wildman–Crippen MR) is 81.5 cm³/mol. The lowest BCUT2D eigenvalue weighted by molar-refractivity contribution is -0.137. The van der Waals surface area contributed by atoms with Gasteiger partial charge in [0.25, 0.3) is 0 Å². The molecule has 7 heteroatoms. The zero-order valence-corrected chi connectivity index (χ0v) is 12.7. The maximum absolute atomic E-state index is 13.2. The number of benzene rings is 2. The second-order valence-electron chi connectivity index (χ2n) is 4.89. The first-order chi connectivity index (χ1) is 10.9. The monoisotopic (exact) mass is 337 g/mol. The van der Waals surface area contributed by atoms with Crippen LogP contribution in [0.15, 0.2) is 48.5 Å². The number of halogens is 4. The molecule has 0 radical (unpaired) electrons. The van der Waals surface area contributed by atoms with Gasteiger partial charge >= 0.3 is 6.18 Å². The number of hydrogen-bond acceptors (Lipinski definition) is 2. The summed E-state index contributed by atoms with van der Waals surface area (Å²) in [7, 11) is 0. The molecule has 3 aromatic rings. The summed E-state index contributed by atoms with van der Waals surface area (Å²) in [5.74, 6) is 0.627. The molecule has 0 aliphatic heterocycles. The minimum atomic E-state index is -4.47. The third-order valence-corrected chi connectivity index (χ3v) is 3.65. The predicted octanol–water partition coefficient (Wildman–Crippen LogP) is 4.91. The molecule has 1 aromatic heterocycles. The van der Waals surface area contributed by atoms with Crippen molar-refractivity contribution in [3.05, 3.63) is 64.9 Å². The van der Waals surface area contributed by atoms with Crippen LogP contribution >= 0.6 is 11.6 Å². The van der Waals surface area contributed by atoms with E-state index in [1.807, 2.05) is 0 Å². The summed E-state index contributed by atoms with van der Waals surface area (Å²) in [6, 6.07) is 12.2. The Bertz CT molecular complexity index is 856. The summed E-state index contributed by atoms with van der Waals surface area (Å²) in [6.45, 7) is 1.60. The second-order valence-corrected chi connectivity index (χ2v) is 5.30. The molecule has 0 bridgehead atoms. The molecule has 0 fully saturated rings. The van der Waals surface area contributed by atoms with Gasteiger partial charge in [0.1, 0.15) is 5.82 Å². The van der Waals surface area contributed by atoms with Crippen molar-refractivity contribution < 1.29 is 13.2 Å². The average Bonchev–Trinajstić information content (AvgIpc) is 2.88. The Labute approximate surface area is 135 Å². The van der Waals surface area contributed by atoms with Crippen LogP contribution in [0.25, 0.3) is 17.1 Å². The molecule has 23 heavy (non-hydrogen) atoms. The standard InChI is InChI=1S/C16H11ClF3N3/c1-10-21-15(11-6-2-4-8-13(11)17)22-23(10)14-9-5-3-7-12(14)16(18,19)20/h2-9H,1H3. The van der Waals surface area contributed by atoms with Crippen LogP contribution in [0.5, 0.6) is 0 Å². The summed E-state index contributed by atoms with van der Waals surface area (Å²) in [5, 5.41) is 4.65. The molecule has 1 heterocycles. The molecule has 0 spiro atoms. The molecule has 0 amide bonds. The molecule has 3 rings (SSSR count). The maximum Gasteiger partial charge on any atom is 0.418 e. The normalized spacial score (nSPS) is 11.7. The highest BCUT2D eigenvalue weighted by Crippen LogP contribution is 2.34. The fraction of sp³-hybridized carbons (Fsp3) is 0.125. The Kier molecular flexibility index (Phi) is 3.85. The lowest BCUT2D eigenvalue weighted by Gasteiger charge is -2.12. The fourth-order valence-corrected chi connectivity index (χ4v) is 2.49. The van der Waals surface area contributed by atoms with Crippen molar-refractivity contribution in [1.29, 1.82) is 0 Å². The van der Waals surface area contributed by atoms with Gasteiger partial charge in [-0.2, -0.15) is 13.2 Å². The molecular weight excluding hydrogens is 327 g/mol. The van der Waals surface area contributed by atoms with Crippen molar-refractivity contribution in [2.45, 2.75) is 13.1 Å². The third kappa shape index (κ3) is 2.94. The van der Waals surface area contributed by atoms with Gasteiger partial charge in [0, 0.05) is 5.56 Å². The van der Waals surface area contributed by atoms with E-state index in [0.717, 1.165) is 6.07 Å². The molecule has 2 aromatic carbocycles. The van der Waals surface area contributed by atoms with E-state index in [9.17, 15) is 13.2 Å². The number of hydrogen-bond donors (Lipinski definition) is 0. The lowest BCUT2D eigenvalue weighted by Crippen LogP contribution is -2.12. The Hall–Kier alpha value is -2.34. The molecule has 0 aliphatic carbocycles. The zero-order chi connectivity index (χ0) is 16.6. The van der Waals surface area contributed by atoms with Gasteiger partial charge in [-0.15, -0.1) is 5.10 Å². The number of rotatable bonds is 2. The van der Waals surface area contributed by atoms with Crippen molar-refractivity contribution in [1.82, 2.24) is 14.8 Å². The van der Waals surface area contributed by atoms with Gasteiger partial charge < -0.3 is 0 Å². The number of aromatic nitrogens is 3. The van der Waals surface area contributed by atoms with E-state index in [-0.39, 0.29) is 11.5 Å². The summed E-state index contributed by atoms with van der Waals surface area (Å²) in [6.07, 6.45) is -4.47. The minimum absolute atomic E-state index is 0.0664. The molecule has 0 atom stereocenters. The van der Waals surface area contributed by atoms with Crippen LogP contribution in [0.1, 0.15) is 11.4 Å². The van der Waals surface area contributed by atoms with E-state index in [1.165, 1.54) is 22.9 Å². The van der Waals surface area contributed by atoms with Crippen molar-refractivity contribution in [2.75, 3.05) is 0 Å². The van der Waals surface area contributed by atoms with Gasteiger partial charge in [-0.3, -0.25) is 0 Å². The smallest absolute Gasteiger partial charge is 0.217 e. The first kappa shape index (κ1) is 15.6. The number of aryl methyl sites for hydroxylation is 1. The van der Waals surface area contributed by atoms with E-state index in [1.54, 1.807) is 31.2 Å². The van der Waals surface area contributed by atoms with Crippen LogP contribution in [0.2, 0.25) is 5.02 Å². The van der Waals surface area contributed by atoms with Gasteiger partial charge in [0.15, 0.2) is 5.82 Å². The maximum atomic E-state index is 13.2. The zero-order valence-electron chi connectivity index (χ0n) is 12.0. The Morgan fingerprint density at radius 1 is 1.00 bits per heavy atom. The molecular formula is C16H11ClF3N3. The van der Waals surface area contributed by atoms with Crippen LogP contribution < -0.4 is 0 Å². The first-order valence-electron chi connectivity index (χ1n) is 6.73. The second kappa shape index (κ2) is 5.70. The number of alkyl halides is 3. The van der Waals surface area contributed by atoms with Gasteiger partial charge in [-0.05, 0) is 31.2 Å². The van der Waals surface area contributed by atoms with Crippen LogP contribution in [0, 0.1) is 6.92 Å². The van der Waals surface area contributed by atoms with Crippen molar-refractivity contribution in [3.63, 3.8) is 0 Å². The molecule has 0 unspecified atom stereocenters. The largest absolute Gasteiger partial charge is 0.418 e. The summed E-state index contributed by atoms with van der Waals surface area (Å²) in [5.41, 5.74) is -0.262. The number of nitrogens with zero attached hydrogens (tertiary/aromatic N) is 3. The molecule has 0 saturated carbocycles. The lowest BCUT2D eigenvalue weighted by atomic mass is 10.1. The molecule has 118 valence electrons. The topological polar surface area (TPSA) is 30.7 Å². The van der Waals surface area contributed by atoms with Crippen molar-refractivity contribution in [2.24, 2.45) is 0 Å². The van der Waals surface area contributed by atoms with Crippen LogP contribution in [0.4, 0.5) is 13.2 Å². The van der Waals surface area contributed by atoms with E-state index < -0.39 is 11.7 Å². The molecule has 0 aliphatic rings. The fourth-order valence-electron chi connectivity index (χ4n) is 2.27. The van der Waals surface area contributed by atoms with E-state index in [2.05, 4.69) is 10.1 Å². The van der Waals surface area contributed by atoms with Crippen molar-refractivity contribution >= 4 is 11.6 Å². The van der Waals surface area contributed by atoms with Gasteiger partial charge in [-0.25, -0.2) is 9.67 Å².